The SMILES string of the molecule is B/C(N)=N/O. The molecule has 0 rings (SSSR count). The van der Waals surface area contributed by atoms with E-state index in [1.807, 2.05) is 0 Å². The van der Waals surface area contributed by atoms with Crippen LogP contribution >= 0.6 is 0 Å². The van der Waals surface area contributed by atoms with Crippen LogP contribution in [-0.4, -0.2) is 18.8 Å². The van der Waals surface area contributed by atoms with Crippen molar-refractivity contribution in [3.63, 3.8) is 0 Å². The Hall–Kier alpha value is -0.665. The van der Waals surface area contributed by atoms with Crippen LogP contribution in [0.4, 0.5) is 0 Å². The van der Waals surface area contributed by atoms with Crippen LogP contribution in [0.25, 0.3) is 0 Å². The first-order valence-corrected chi connectivity index (χ1v) is 1.21. The van der Waals surface area contributed by atoms with E-state index >= 15 is 0 Å². The Bertz CT molecular complexity index is 47.6. The average molecular weight is 71.9 g/mol. The van der Waals surface area contributed by atoms with Crippen LogP contribution in [0.15, 0.2) is 5.16 Å². The van der Waals surface area contributed by atoms with E-state index in [0.29, 0.717) is 0 Å². The molecule has 3 N–H and O–H groups in total. The topological polar surface area (TPSA) is 58.6 Å². The van der Waals surface area contributed by atoms with Gasteiger partial charge in [-0.25, -0.2) is 0 Å². The molecular formula is CH5BN2O. The summed E-state index contributed by atoms with van der Waals surface area (Å²) in [6, 6.07) is 0. The van der Waals surface area contributed by atoms with Gasteiger partial charge in [0.2, 0.25) is 0 Å². The Morgan fingerprint density at radius 3 is 2.20 bits per heavy atom. The van der Waals surface area contributed by atoms with Gasteiger partial charge in [-0.2, -0.15) is 0 Å². The number of amidine groups is 1. The molecule has 0 unspecified atom stereocenters. The maximum Gasteiger partial charge on any atom is 0.190 e. The summed E-state index contributed by atoms with van der Waals surface area (Å²) < 4.78 is 0. The summed E-state index contributed by atoms with van der Waals surface area (Å²) in [5.74, 6) is 0. The highest BCUT2D eigenvalue weighted by molar-refractivity contribution is 6.58. The molecule has 0 radical (unpaired) electrons. The third-order valence-electron chi connectivity index (χ3n) is 0.158. The molecule has 0 fully saturated rings. The Morgan fingerprint density at radius 2 is 2.20 bits per heavy atom. The van der Waals surface area contributed by atoms with Gasteiger partial charge in [0, 0.05) is 0 Å². The number of hydrogen-bond acceptors (Lipinski definition) is 2. The normalized spacial score (nSPS) is 11.6. The predicted octanol–water partition coefficient (Wildman–Crippen LogP) is -1.68. The van der Waals surface area contributed by atoms with Crippen molar-refractivity contribution in [2.75, 3.05) is 0 Å². The van der Waals surface area contributed by atoms with Crippen molar-refractivity contribution in [2.45, 2.75) is 0 Å². The van der Waals surface area contributed by atoms with E-state index in [1.165, 1.54) is 7.85 Å². The molecule has 0 aromatic heterocycles. The van der Waals surface area contributed by atoms with Gasteiger partial charge in [0.05, 0.1) is 5.73 Å². The molecule has 0 aromatic rings. The Kier molecular flexibility index (Phi) is 1.42. The first-order valence-electron chi connectivity index (χ1n) is 1.21. The van der Waals surface area contributed by atoms with E-state index in [1.54, 1.807) is 0 Å². The van der Waals surface area contributed by atoms with Crippen LogP contribution in [0.3, 0.4) is 0 Å². The fourth-order valence-electron chi connectivity index (χ4n) is 0. The fourth-order valence-corrected chi connectivity index (χ4v) is 0. The van der Waals surface area contributed by atoms with Gasteiger partial charge in [-0.15, -0.1) is 0 Å². The summed E-state index contributed by atoms with van der Waals surface area (Å²) in [6.45, 7) is 0. The molecule has 0 saturated carbocycles. The van der Waals surface area contributed by atoms with Gasteiger partial charge in [0.25, 0.3) is 0 Å². The summed E-state index contributed by atoms with van der Waals surface area (Å²) in [5.41, 5.74) is 4.98. The van der Waals surface area contributed by atoms with Gasteiger partial charge in [-0.3, -0.25) is 0 Å². The standard InChI is InChI=1S/CH5BN2O/c2-1(3)4-5/h5H,2H2,(H2,3,4). The molecule has 3 nitrogen and oxygen atoms in total. The molecule has 0 bridgehead atoms. The van der Waals surface area contributed by atoms with Gasteiger partial charge in [0.15, 0.2) is 7.85 Å². The molecule has 0 aromatic carbocycles. The molecule has 0 saturated heterocycles. The second-order valence-corrected chi connectivity index (χ2v) is 0.741. The highest BCUT2D eigenvalue weighted by Gasteiger charge is 1.66. The lowest BCUT2D eigenvalue weighted by Gasteiger charge is -1.74. The molecule has 0 aliphatic rings. The minimum Gasteiger partial charge on any atom is -0.410 e. The summed E-state index contributed by atoms with van der Waals surface area (Å²) in [4.78, 5) is 0. The predicted molar refractivity (Wildman–Crippen MR) is 22.0 cm³/mol. The van der Waals surface area contributed by atoms with E-state index in [4.69, 9.17) is 10.9 Å². The highest BCUT2D eigenvalue weighted by atomic mass is 16.4. The molecule has 0 heterocycles. The van der Waals surface area contributed by atoms with E-state index in [0.717, 1.165) is 0 Å². The second-order valence-electron chi connectivity index (χ2n) is 0.741. The third-order valence-corrected chi connectivity index (χ3v) is 0.158. The second kappa shape index (κ2) is 1.63. The number of nitrogens with two attached hydrogens (primary N) is 1. The van der Waals surface area contributed by atoms with Gasteiger partial charge >= 0.3 is 0 Å². The van der Waals surface area contributed by atoms with Crippen molar-refractivity contribution < 1.29 is 5.21 Å². The molecule has 0 atom stereocenters. The lowest BCUT2D eigenvalue weighted by molar-refractivity contribution is 0.320. The van der Waals surface area contributed by atoms with Crippen LogP contribution < -0.4 is 5.73 Å². The zero-order chi connectivity index (χ0) is 4.28. The zero-order valence-corrected chi connectivity index (χ0v) is 2.97. The van der Waals surface area contributed by atoms with E-state index in [9.17, 15) is 0 Å². The zero-order valence-electron chi connectivity index (χ0n) is 2.97. The van der Waals surface area contributed by atoms with Gasteiger partial charge in [-0.1, -0.05) is 5.16 Å². The number of hydrogen-bond donors (Lipinski definition) is 2. The van der Waals surface area contributed by atoms with E-state index < -0.39 is 0 Å². The Balaban J connectivity index is 3.14. The molecule has 0 spiro atoms. The molecule has 0 aliphatic heterocycles. The smallest absolute Gasteiger partial charge is 0.190 e. The minimum absolute atomic E-state index is 0.185. The molecule has 28 valence electrons. The molecule has 0 aliphatic carbocycles. The quantitative estimate of drug-likeness (QED) is 0.118. The van der Waals surface area contributed by atoms with Crippen molar-refractivity contribution >= 4 is 13.6 Å². The van der Waals surface area contributed by atoms with Gasteiger partial charge in [0.1, 0.15) is 0 Å². The van der Waals surface area contributed by atoms with Gasteiger partial charge in [-0.05, 0) is 0 Å². The number of nitrogens with zero attached hydrogens (tertiary/aromatic N) is 1. The summed E-state index contributed by atoms with van der Waals surface area (Å²) >= 11 is 0. The first kappa shape index (κ1) is 4.33. The van der Waals surface area contributed by atoms with Gasteiger partial charge < -0.3 is 10.9 Å². The molecule has 0 amide bonds. The number of oxime groups is 1. The maximum atomic E-state index is 7.61. The first-order chi connectivity index (χ1) is 2.27. The van der Waals surface area contributed by atoms with Crippen molar-refractivity contribution in [3.05, 3.63) is 0 Å². The van der Waals surface area contributed by atoms with Crippen LogP contribution in [0.2, 0.25) is 0 Å². The monoisotopic (exact) mass is 72.0 g/mol. The van der Waals surface area contributed by atoms with Crippen LogP contribution in [-0.2, 0) is 0 Å². The highest BCUT2D eigenvalue weighted by Crippen LogP contribution is 1.43. The van der Waals surface area contributed by atoms with Crippen LogP contribution in [0.5, 0.6) is 0 Å². The average Bonchev–Trinajstić information content (AvgIpc) is 1.38. The van der Waals surface area contributed by atoms with Crippen molar-refractivity contribution in [1.82, 2.24) is 0 Å². The molecule has 4 heteroatoms. The maximum absolute atomic E-state index is 7.61. The third kappa shape index (κ3) is 3.33. The Morgan fingerprint density at radius 1 is 2.00 bits per heavy atom. The van der Waals surface area contributed by atoms with Crippen molar-refractivity contribution in [2.24, 2.45) is 10.9 Å². The molecular weight excluding hydrogens is 66.8 g/mol. The van der Waals surface area contributed by atoms with Crippen molar-refractivity contribution in [1.29, 1.82) is 0 Å². The lowest BCUT2D eigenvalue weighted by Crippen LogP contribution is -2.09. The van der Waals surface area contributed by atoms with E-state index in [-0.39, 0.29) is 5.73 Å². The minimum atomic E-state index is 0.185. The van der Waals surface area contributed by atoms with Crippen LogP contribution in [0, 0.1) is 0 Å². The van der Waals surface area contributed by atoms with E-state index in [2.05, 4.69) is 5.16 Å². The summed E-state index contributed by atoms with van der Waals surface area (Å²) in [7, 11) is 1.50. The number of rotatable bonds is 0. The molecule has 5 heavy (non-hydrogen) atoms. The van der Waals surface area contributed by atoms with Crippen molar-refractivity contribution in [3.8, 4) is 0 Å². The largest absolute Gasteiger partial charge is 0.410 e. The Labute approximate surface area is 30.9 Å². The van der Waals surface area contributed by atoms with Crippen LogP contribution in [0.1, 0.15) is 0 Å². The lowest BCUT2D eigenvalue weighted by atomic mass is 10.1. The summed E-state index contributed by atoms with van der Waals surface area (Å²) in [6.07, 6.45) is 0. The fraction of sp³-hybridized carbons (Fsp3) is 0. The summed E-state index contributed by atoms with van der Waals surface area (Å²) in [5, 5.41) is 10.2.